The van der Waals surface area contributed by atoms with E-state index >= 15 is 0 Å². The van der Waals surface area contributed by atoms with Gasteiger partial charge < -0.3 is 4.90 Å². The van der Waals surface area contributed by atoms with Crippen LogP contribution in [0.4, 0.5) is 0 Å². The van der Waals surface area contributed by atoms with Crippen molar-refractivity contribution in [2.24, 2.45) is 0 Å². The van der Waals surface area contributed by atoms with Crippen LogP contribution in [0, 0.1) is 0 Å². The SMILES string of the molecule is O=C(c1cn[nH]c1C1CCCCC1)N1CCCC[C@H]1c1cccnc1. The number of nitrogens with one attached hydrogen (secondary N) is 1. The average Bonchev–Trinajstić information content (AvgIpc) is 3.19. The van der Waals surface area contributed by atoms with Gasteiger partial charge in [0.05, 0.1) is 23.5 Å². The van der Waals surface area contributed by atoms with Crippen LogP contribution in [-0.4, -0.2) is 32.5 Å². The molecule has 25 heavy (non-hydrogen) atoms. The maximum absolute atomic E-state index is 13.4. The van der Waals surface area contributed by atoms with Crippen LogP contribution in [0.3, 0.4) is 0 Å². The minimum absolute atomic E-state index is 0.128. The smallest absolute Gasteiger partial charge is 0.257 e. The number of pyridine rings is 1. The summed E-state index contributed by atoms with van der Waals surface area (Å²) < 4.78 is 0. The lowest BCUT2D eigenvalue weighted by molar-refractivity contribution is 0.0609. The predicted molar refractivity (Wildman–Crippen MR) is 96.3 cm³/mol. The number of hydrogen-bond acceptors (Lipinski definition) is 3. The van der Waals surface area contributed by atoms with Crippen molar-refractivity contribution in [3.05, 3.63) is 47.5 Å². The molecule has 1 saturated carbocycles. The van der Waals surface area contributed by atoms with Gasteiger partial charge in [-0.05, 0) is 43.7 Å². The highest BCUT2D eigenvalue weighted by atomic mass is 16.2. The Balaban J connectivity index is 1.60. The molecule has 2 aliphatic rings. The van der Waals surface area contributed by atoms with Gasteiger partial charge in [0, 0.05) is 24.9 Å². The Labute approximate surface area is 148 Å². The highest BCUT2D eigenvalue weighted by molar-refractivity contribution is 5.95. The molecular weight excluding hydrogens is 312 g/mol. The number of piperidine rings is 1. The van der Waals surface area contributed by atoms with Gasteiger partial charge in [-0.15, -0.1) is 0 Å². The Morgan fingerprint density at radius 1 is 1.08 bits per heavy atom. The lowest BCUT2D eigenvalue weighted by Gasteiger charge is -2.36. The molecular formula is C20H26N4O. The van der Waals surface area contributed by atoms with Crippen LogP contribution in [0.1, 0.15) is 84.9 Å². The normalized spacial score (nSPS) is 22.1. The third-order valence-corrected chi connectivity index (χ3v) is 5.75. The molecule has 0 radical (unpaired) electrons. The fourth-order valence-electron chi connectivity index (χ4n) is 4.42. The number of aromatic amines is 1. The number of amides is 1. The van der Waals surface area contributed by atoms with Crippen molar-refractivity contribution < 1.29 is 4.79 Å². The first-order valence-electron chi connectivity index (χ1n) is 9.59. The van der Waals surface area contributed by atoms with Gasteiger partial charge in [0.15, 0.2) is 0 Å². The quantitative estimate of drug-likeness (QED) is 0.911. The van der Waals surface area contributed by atoms with Crippen molar-refractivity contribution in [3.63, 3.8) is 0 Å². The molecule has 2 aromatic heterocycles. The second-order valence-electron chi connectivity index (χ2n) is 7.33. The van der Waals surface area contributed by atoms with Gasteiger partial charge >= 0.3 is 0 Å². The summed E-state index contributed by atoms with van der Waals surface area (Å²) in [6, 6.07) is 4.17. The van der Waals surface area contributed by atoms with E-state index in [9.17, 15) is 4.79 Å². The Morgan fingerprint density at radius 3 is 2.72 bits per heavy atom. The second kappa shape index (κ2) is 7.38. The van der Waals surface area contributed by atoms with E-state index < -0.39 is 0 Å². The first-order chi connectivity index (χ1) is 12.3. The van der Waals surface area contributed by atoms with Crippen molar-refractivity contribution >= 4 is 5.91 Å². The van der Waals surface area contributed by atoms with Crippen LogP contribution in [-0.2, 0) is 0 Å². The van der Waals surface area contributed by atoms with Crippen molar-refractivity contribution in [1.29, 1.82) is 0 Å². The van der Waals surface area contributed by atoms with E-state index in [-0.39, 0.29) is 11.9 Å². The number of aromatic nitrogens is 3. The average molecular weight is 338 g/mol. The molecule has 1 N–H and O–H groups in total. The largest absolute Gasteiger partial charge is 0.331 e. The Hall–Kier alpha value is -2.17. The van der Waals surface area contributed by atoms with Gasteiger partial charge in [-0.1, -0.05) is 25.3 Å². The van der Waals surface area contributed by atoms with E-state index in [0.29, 0.717) is 5.92 Å². The van der Waals surface area contributed by atoms with Crippen LogP contribution < -0.4 is 0 Å². The van der Waals surface area contributed by atoms with E-state index in [2.05, 4.69) is 21.2 Å². The zero-order valence-corrected chi connectivity index (χ0v) is 14.7. The Morgan fingerprint density at radius 2 is 1.92 bits per heavy atom. The number of carbonyl (C=O) groups excluding carboxylic acids is 1. The van der Waals surface area contributed by atoms with Crippen LogP contribution in [0.2, 0.25) is 0 Å². The van der Waals surface area contributed by atoms with Crippen molar-refractivity contribution in [2.45, 2.75) is 63.3 Å². The Bertz CT molecular complexity index is 705. The lowest BCUT2D eigenvalue weighted by Crippen LogP contribution is -2.39. The molecule has 1 aliphatic carbocycles. The molecule has 0 unspecified atom stereocenters. The van der Waals surface area contributed by atoms with Gasteiger partial charge in [0.2, 0.25) is 0 Å². The van der Waals surface area contributed by atoms with E-state index in [1.165, 1.54) is 19.3 Å². The number of nitrogens with zero attached hydrogens (tertiary/aromatic N) is 3. The van der Waals surface area contributed by atoms with E-state index in [4.69, 9.17) is 0 Å². The highest BCUT2D eigenvalue weighted by Crippen LogP contribution is 2.36. The minimum atomic E-state index is 0.128. The molecule has 2 aromatic rings. The van der Waals surface area contributed by atoms with E-state index in [0.717, 1.165) is 55.5 Å². The van der Waals surface area contributed by atoms with Crippen LogP contribution in [0.25, 0.3) is 0 Å². The summed E-state index contributed by atoms with van der Waals surface area (Å²) in [5.41, 5.74) is 2.97. The number of H-pyrrole nitrogens is 1. The standard InChI is InChI=1S/C20H26N4O/c25-20(17-14-22-23-19(17)15-7-2-1-3-8-15)24-12-5-4-10-18(24)16-9-6-11-21-13-16/h6,9,11,13-15,18H,1-5,7-8,10,12H2,(H,22,23)/t18-/m0/s1. The minimum Gasteiger partial charge on any atom is -0.331 e. The molecule has 132 valence electrons. The highest BCUT2D eigenvalue weighted by Gasteiger charge is 2.32. The van der Waals surface area contributed by atoms with Crippen LogP contribution in [0.5, 0.6) is 0 Å². The van der Waals surface area contributed by atoms with Crippen molar-refractivity contribution in [2.75, 3.05) is 6.54 Å². The number of carbonyl (C=O) groups is 1. The maximum atomic E-state index is 13.4. The summed E-state index contributed by atoms with van der Waals surface area (Å²) >= 11 is 0. The summed E-state index contributed by atoms with van der Waals surface area (Å²) in [5, 5.41) is 7.37. The molecule has 0 bridgehead atoms. The fourth-order valence-corrected chi connectivity index (χ4v) is 4.42. The van der Waals surface area contributed by atoms with Gasteiger partial charge in [0.25, 0.3) is 5.91 Å². The molecule has 1 aliphatic heterocycles. The monoisotopic (exact) mass is 338 g/mol. The first kappa shape index (κ1) is 16.3. The molecule has 5 nitrogen and oxygen atoms in total. The maximum Gasteiger partial charge on any atom is 0.257 e. The molecule has 1 atom stereocenters. The molecule has 2 fully saturated rings. The number of hydrogen-bond donors (Lipinski definition) is 1. The van der Waals surface area contributed by atoms with Crippen LogP contribution in [0.15, 0.2) is 30.7 Å². The zero-order valence-electron chi connectivity index (χ0n) is 14.7. The second-order valence-corrected chi connectivity index (χ2v) is 7.33. The van der Waals surface area contributed by atoms with Gasteiger partial charge in [-0.3, -0.25) is 14.9 Å². The summed E-state index contributed by atoms with van der Waals surface area (Å²) in [7, 11) is 0. The molecule has 0 spiro atoms. The van der Waals surface area contributed by atoms with Gasteiger partial charge in [0.1, 0.15) is 0 Å². The summed E-state index contributed by atoms with van der Waals surface area (Å²) in [6.45, 7) is 0.813. The van der Waals surface area contributed by atoms with E-state index in [1.807, 2.05) is 17.2 Å². The first-order valence-corrected chi connectivity index (χ1v) is 9.59. The topological polar surface area (TPSA) is 61.9 Å². The molecule has 1 saturated heterocycles. The summed E-state index contributed by atoms with van der Waals surface area (Å²) in [6.07, 6.45) is 14.8. The predicted octanol–water partition coefficient (Wildman–Crippen LogP) is 4.22. The summed E-state index contributed by atoms with van der Waals surface area (Å²) in [5.74, 6) is 0.583. The van der Waals surface area contributed by atoms with Gasteiger partial charge in [-0.2, -0.15) is 5.10 Å². The van der Waals surface area contributed by atoms with Gasteiger partial charge in [-0.25, -0.2) is 0 Å². The molecule has 4 rings (SSSR count). The molecule has 1 amide bonds. The zero-order chi connectivity index (χ0) is 17.1. The third kappa shape index (κ3) is 3.32. The van der Waals surface area contributed by atoms with Crippen molar-refractivity contribution in [3.8, 4) is 0 Å². The summed E-state index contributed by atoms with van der Waals surface area (Å²) in [4.78, 5) is 19.6. The number of likely N-dealkylation sites (tertiary alicyclic amines) is 1. The number of rotatable bonds is 3. The Kier molecular flexibility index (Phi) is 4.81. The molecule has 0 aromatic carbocycles. The van der Waals surface area contributed by atoms with Crippen LogP contribution >= 0.6 is 0 Å². The lowest BCUT2D eigenvalue weighted by atomic mass is 9.85. The molecule has 3 heterocycles. The van der Waals surface area contributed by atoms with Crippen molar-refractivity contribution in [1.82, 2.24) is 20.1 Å². The fraction of sp³-hybridized carbons (Fsp3) is 0.550. The van der Waals surface area contributed by atoms with E-state index in [1.54, 1.807) is 12.4 Å². The molecule has 5 heteroatoms. The third-order valence-electron chi connectivity index (χ3n) is 5.75.